The zero-order valence-corrected chi connectivity index (χ0v) is 11.9. The molecule has 1 unspecified atom stereocenters. The summed E-state index contributed by atoms with van der Waals surface area (Å²) in [5.74, 6) is -0.416. The van der Waals surface area contributed by atoms with Gasteiger partial charge in [-0.25, -0.2) is 0 Å². The Bertz CT molecular complexity index is 610. The van der Waals surface area contributed by atoms with Crippen LogP contribution in [0.3, 0.4) is 0 Å². The molecule has 2 N–H and O–H groups in total. The van der Waals surface area contributed by atoms with Gasteiger partial charge in [-0.1, -0.05) is 25.1 Å². The standard InChI is InChI=1S/C16H20N2O2/c1-11(7-8-16(19)20)10-17-15-9-12(2)18-14-6-4-3-5-13(14)15/h3-6,9,11H,7-8,10H2,1-2H3,(H,17,18)(H,19,20). The van der Waals surface area contributed by atoms with E-state index in [0.717, 1.165) is 28.8 Å². The Morgan fingerprint density at radius 1 is 1.40 bits per heavy atom. The predicted octanol–water partition coefficient (Wildman–Crippen LogP) is 3.46. The molecule has 0 fully saturated rings. The summed E-state index contributed by atoms with van der Waals surface area (Å²) in [7, 11) is 0. The molecule has 2 rings (SSSR count). The maximum absolute atomic E-state index is 10.6. The lowest BCUT2D eigenvalue weighted by atomic mass is 10.1. The fourth-order valence-electron chi connectivity index (χ4n) is 2.21. The molecular formula is C16H20N2O2. The summed E-state index contributed by atoms with van der Waals surface area (Å²) in [6, 6.07) is 10.1. The SMILES string of the molecule is Cc1cc(NCC(C)CCC(=O)O)c2ccccc2n1. The summed E-state index contributed by atoms with van der Waals surface area (Å²) in [5, 5.41) is 13.2. The molecule has 0 aliphatic heterocycles. The van der Waals surface area contributed by atoms with Crippen molar-refractivity contribution < 1.29 is 9.90 Å². The number of nitrogens with zero attached hydrogens (tertiary/aromatic N) is 1. The topological polar surface area (TPSA) is 62.2 Å². The second-order valence-corrected chi connectivity index (χ2v) is 5.25. The summed E-state index contributed by atoms with van der Waals surface area (Å²) >= 11 is 0. The molecule has 0 saturated heterocycles. The lowest BCUT2D eigenvalue weighted by molar-refractivity contribution is -0.137. The zero-order chi connectivity index (χ0) is 14.5. The van der Waals surface area contributed by atoms with Crippen molar-refractivity contribution in [3.63, 3.8) is 0 Å². The summed E-state index contributed by atoms with van der Waals surface area (Å²) in [6.45, 7) is 4.80. The number of nitrogens with one attached hydrogen (secondary N) is 1. The van der Waals surface area contributed by atoms with Crippen molar-refractivity contribution in [3.05, 3.63) is 36.0 Å². The van der Waals surface area contributed by atoms with Crippen LogP contribution in [0.25, 0.3) is 10.9 Å². The number of carboxylic acid groups (broad SMARTS) is 1. The van der Waals surface area contributed by atoms with E-state index >= 15 is 0 Å². The number of hydrogen-bond donors (Lipinski definition) is 2. The molecule has 2 aromatic rings. The van der Waals surface area contributed by atoms with E-state index in [2.05, 4.69) is 17.2 Å². The molecule has 4 heteroatoms. The van der Waals surface area contributed by atoms with Crippen LogP contribution in [0.5, 0.6) is 0 Å². The summed E-state index contributed by atoms with van der Waals surface area (Å²) < 4.78 is 0. The van der Waals surface area contributed by atoms with Crippen LogP contribution in [0.2, 0.25) is 0 Å². The average Bonchev–Trinajstić information content (AvgIpc) is 2.42. The van der Waals surface area contributed by atoms with E-state index in [1.165, 1.54) is 0 Å². The highest BCUT2D eigenvalue weighted by Crippen LogP contribution is 2.23. The average molecular weight is 272 g/mol. The molecule has 0 spiro atoms. The monoisotopic (exact) mass is 272 g/mol. The first kappa shape index (κ1) is 14.3. The number of rotatable bonds is 6. The van der Waals surface area contributed by atoms with Crippen LogP contribution in [0.4, 0.5) is 5.69 Å². The highest BCUT2D eigenvalue weighted by atomic mass is 16.4. The minimum Gasteiger partial charge on any atom is -0.481 e. The van der Waals surface area contributed by atoms with Gasteiger partial charge in [0, 0.05) is 29.7 Å². The molecule has 0 amide bonds. The van der Waals surface area contributed by atoms with Gasteiger partial charge in [0.15, 0.2) is 0 Å². The van der Waals surface area contributed by atoms with Crippen molar-refractivity contribution in [1.29, 1.82) is 0 Å². The molecule has 0 aliphatic rings. The van der Waals surface area contributed by atoms with Crippen LogP contribution in [-0.4, -0.2) is 22.6 Å². The van der Waals surface area contributed by atoms with Crippen molar-refractivity contribution >= 4 is 22.6 Å². The Hall–Kier alpha value is -2.10. The van der Waals surface area contributed by atoms with Crippen LogP contribution in [0.15, 0.2) is 30.3 Å². The molecule has 1 aromatic heterocycles. The molecule has 1 aromatic carbocycles. The highest BCUT2D eigenvalue weighted by molar-refractivity contribution is 5.91. The van der Waals surface area contributed by atoms with E-state index in [-0.39, 0.29) is 6.42 Å². The second kappa shape index (κ2) is 6.37. The third-order valence-corrected chi connectivity index (χ3v) is 3.34. The maximum Gasteiger partial charge on any atom is 0.303 e. The number of benzene rings is 1. The number of pyridine rings is 1. The molecule has 106 valence electrons. The van der Waals surface area contributed by atoms with E-state index in [1.54, 1.807) is 0 Å². The number of hydrogen-bond acceptors (Lipinski definition) is 3. The molecule has 0 saturated carbocycles. The minimum atomic E-state index is -0.734. The van der Waals surface area contributed by atoms with Crippen LogP contribution >= 0.6 is 0 Å². The third kappa shape index (κ3) is 3.70. The van der Waals surface area contributed by atoms with Gasteiger partial charge in [0.05, 0.1) is 5.52 Å². The van der Waals surface area contributed by atoms with E-state index in [4.69, 9.17) is 5.11 Å². The Kier molecular flexibility index (Phi) is 4.56. The molecule has 0 bridgehead atoms. The van der Waals surface area contributed by atoms with Crippen LogP contribution in [0, 0.1) is 12.8 Å². The van der Waals surface area contributed by atoms with Gasteiger partial charge in [-0.2, -0.15) is 0 Å². The van der Waals surface area contributed by atoms with E-state index in [9.17, 15) is 4.79 Å². The Balaban J connectivity index is 2.07. The van der Waals surface area contributed by atoms with E-state index in [1.807, 2.05) is 37.3 Å². The third-order valence-electron chi connectivity index (χ3n) is 3.34. The summed E-state index contributed by atoms with van der Waals surface area (Å²) in [6.07, 6.45) is 0.906. The smallest absolute Gasteiger partial charge is 0.303 e. The fraction of sp³-hybridized carbons (Fsp3) is 0.375. The van der Waals surface area contributed by atoms with Crippen molar-refractivity contribution in [2.24, 2.45) is 5.92 Å². The number of carbonyl (C=O) groups is 1. The number of para-hydroxylation sites is 1. The van der Waals surface area contributed by atoms with Crippen molar-refractivity contribution in [1.82, 2.24) is 4.98 Å². The van der Waals surface area contributed by atoms with Crippen LogP contribution in [-0.2, 0) is 4.79 Å². The van der Waals surface area contributed by atoms with Gasteiger partial charge in [-0.15, -0.1) is 0 Å². The number of aromatic nitrogens is 1. The summed E-state index contributed by atoms with van der Waals surface area (Å²) in [5.41, 5.74) is 3.02. The Labute approximate surface area is 118 Å². The number of aliphatic carboxylic acids is 1. The van der Waals surface area contributed by atoms with Gasteiger partial charge in [-0.05, 0) is 31.4 Å². The van der Waals surface area contributed by atoms with E-state index in [0.29, 0.717) is 12.3 Å². The number of carboxylic acids is 1. The Morgan fingerprint density at radius 3 is 2.90 bits per heavy atom. The summed E-state index contributed by atoms with van der Waals surface area (Å²) in [4.78, 5) is 15.1. The zero-order valence-electron chi connectivity index (χ0n) is 11.9. The van der Waals surface area contributed by atoms with Crippen LogP contribution < -0.4 is 5.32 Å². The lowest BCUT2D eigenvalue weighted by Gasteiger charge is -2.14. The maximum atomic E-state index is 10.6. The van der Waals surface area contributed by atoms with Crippen molar-refractivity contribution in [2.75, 3.05) is 11.9 Å². The lowest BCUT2D eigenvalue weighted by Crippen LogP contribution is -2.13. The number of aryl methyl sites for hydroxylation is 1. The molecule has 4 nitrogen and oxygen atoms in total. The quantitative estimate of drug-likeness (QED) is 0.845. The highest BCUT2D eigenvalue weighted by Gasteiger charge is 2.07. The second-order valence-electron chi connectivity index (χ2n) is 5.25. The first-order valence-corrected chi connectivity index (χ1v) is 6.88. The van der Waals surface area contributed by atoms with Gasteiger partial charge in [0.25, 0.3) is 0 Å². The van der Waals surface area contributed by atoms with Gasteiger partial charge >= 0.3 is 5.97 Å². The minimum absolute atomic E-state index is 0.221. The van der Waals surface area contributed by atoms with Gasteiger partial charge in [0.1, 0.15) is 0 Å². The van der Waals surface area contributed by atoms with Crippen LogP contribution in [0.1, 0.15) is 25.5 Å². The number of fused-ring (bicyclic) bond motifs is 1. The molecule has 1 heterocycles. The van der Waals surface area contributed by atoms with Gasteiger partial charge in [0.2, 0.25) is 0 Å². The van der Waals surface area contributed by atoms with E-state index < -0.39 is 5.97 Å². The molecule has 20 heavy (non-hydrogen) atoms. The largest absolute Gasteiger partial charge is 0.481 e. The molecular weight excluding hydrogens is 252 g/mol. The van der Waals surface area contributed by atoms with Crippen molar-refractivity contribution in [3.8, 4) is 0 Å². The molecule has 0 aliphatic carbocycles. The number of anilines is 1. The fourth-order valence-corrected chi connectivity index (χ4v) is 2.21. The van der Waals surface area contributed by atoms with Gasteiger partial charge < -0.3 is 10.4 Å². The molecule has 1 atom stereocenters. The predicted molar refractivity (Wildman–Crippen MR) is 81.0 cm³/mol. The Morgan fingerprint density at radius 2 is 2.15 bits per heavy atom. The first-order valence-electron chi connectivity index (χ1n) is 6.88. The first-order chi connectivity index (χ1) is 9.56. The van der Waals surface area contributed by atoms with Gasteiger partial charge in [-0.3, -0.25) is 9.78 Å². The molecule has 0 radical (unpaired) electrons. The normalized spacial score (nSPS) is 12.3. The van der Waals surface area contributed by atoms with Crippen molar-refractivity contribution in [2.45, 2.75) is 26.7 Å².